The topological polar surface area (TPSA) is 53.0 Å². The molecule has 2 saturated heterocycles. The van der Waals surface area contributed by atoms with Gasteiger partial charge in [0.05, 0.1) is 0 Å². The van der Waals surface area contributed by atoms with E-state index in [4.69, 9.17) is 4.74 Å². The molecular formula is C23H28N2O3. The zero-order valence-electron chi connectivity index (χ0n) is 16.2. The molecule has 4 rings (SSSR count). The van der Waals surface area contributed by atoms with Crippen LogP contribution in [0.1, 0.15) is 24.0 Å². The number of esters is 1. The Morgan fingerprint density at radius 2 is 1.64 bits per heavy atom. The largest absolute Gasteiger partial charge is 0.462 e. The van der Waals surface area contributed by atoms with Crippen molar-refractivity contribution in [2.45, 2.75) is 24.5 Å². The summed E-state index contributed by atoms with van der Waals surface area (Å²) in [6.45, 7) is 5.35. The summed E-state index contributed by atoms with van der Waals surface area (Å²) < 4.78 is 5.59. The summed E-state index contributed by atoms with van der Waals surface area (Å²) >= 11 is 0. The number of nitrogens with zero attached hydrogens (tertiary/aromatic N) is 2. The second-order valence-corrected chi connectivity index (χ2v) is 7.71. The normalized spacial score (nSPS) is 20.7. The highest BCUT2D eigenvalue weighted by Crippen LogP contribution is 2.31. The van der Waals surface area contributed by atoms with Crippen molar-refractivity contribution in [3.05, 3.63) is 71.8 Å². The maximum atomic E-state index is 13.0. The number of carbonyl (C=O) groups is 1. The van der Waals surface area contributed by atoms with Crippen LogP contribution in [-0.2, 0) is 15.1 Å². The van der Waals surface area contributed by atoms with Gasteiger partial charge >= 0.3 is 5.97 Å². The summed E-state index contributed by atoms with van der Waals surface area (Å²) in [4.78, 5) is 17.9. The summed E-state index contributed by atoms with van der Waals surface area (Å²) in [7, 11) is 0. The van der Waals surface area contributed by atoms with Crippen molar-refractivity contribution in [2.24, 2.45) is 0 Å². The molecule has 5 nitrogen and oxygen atoms in total. The van der Waals surface area contributed by atoms with E-state index >= 15 is 0 Å². The minimum atomic E-state index is -1.80. The number of hydrogen-bond donors (Lipinski definition) is 1. The van der Waals surface area contributed by atoms with Crippen LogP contribution in [0.5, 0.6) is 0 Å². The highest BCUT2D eigenvalue weighted by molar-refractivity contribution is 5.85. The monoisotopic (exact) mass is 380 g/mol. The molecule has 2 aliphatic heterocycles. The summed E-state index contributed by atoms with van der Waals surface area (Å²) in [6.07, 6.45) is 2.55. The molecule has 0 saturated carbocycles. The SMILES string of the molecule is O=C(OCCN1CCN2CCCC2C1)C(O)(c1ccccc1)c1ccccc1. The van der Waals surface area contributed by atoms with E-state index in [0.29, 0.717) is 23.7 Å². The second kappa shape index (κ2) is 8.43. The number of aliphatic hydroxyl groups is 1. The van der Waals surface area contributed by atoms with E-state index in [2.05, 4.69) is 9.80 Å². The molecule has 2 aliphatic rings. The molecule has 1 unspecified atom stereocenters. The van der Waals surface area contributed by atoms with Crippen LogP contribution in [-0.4, -0.2) is 66.2 Å². The third-order valence-electron chi connectivity index (χ3n) is 5.99. The molecule has 0 bridgehead atoms. The van der Waals surface area contributed by atoms with Gasteiger partial charge in [-0.25, -0.2) is 4.79 Å². The highest BCUT2D eigenvalue weighted by atomic mass is 16.5. The Morgan fingerprint density at radius 1 is 1.00 bits per heavy atom. The van der Waals surface area contributed by atoms with Crippen LogP contribution in [0.2, 0.25) is 0 Å². The number of piperazine rings is 1. The standard InChI is InChI=1S/C23H28N2O3/c26-22(28-17-16-24-14-15-25-13-7-12-21(25)18-24)23(27,19-8-3-1-4-9-19)20-10-5-2-6-11-20/h1-6,8-11,21,27H,7,12-18H2. The molecular weight excluding hydrogens is 352 g/mol. The number of ether oxygens (including phenoxy) is 1. The highest BCUT2D eigenvalue weighted by Gasteiger charge is 2.41. The molecule has 148 valence electrons. The van der Waals surface area contributed by atoms with Crippen molar-refractivity contribution < 1.29 is 14.6 Å². The number of carbonyl (C=O) groups excluding carboxylic acids is 1. The van der Waals surface area contributed by atoms with Gasteiger partial charge in [-0.15, -0.1) is 0 Å². The lowest BCUT2D eigenvalue weighted by atomic mass is 9.86. The fourth-order valence-corrected chi connectivity index (χ4v) is 4.39. The Bertz CT molecular complexity index is 741. The molecule has 5 heteroatoms. The van der Waals surface area contributed by atoms with Gasteiger partial charge in [0.2, 0.25) is 5.60 Å². The number of fused-ring (bicyclic) bond motifs is 1. The summed E-state index contributed by atoms with van der Waals surface area (Å²) in [5, 5.41) is 11.4. The van der Waals surface area contributed by atoms with Crippen LogP contribution in [0.4, 0.5) is 0 Å². The summed E-state index contributed by atoms with van der Waals surface area (Å²) in [6, 6.07) is 18.7. The molecule has 0 radical (unpaired) electrons. The number of hydrogen-bond acceptors (Lipinski definition) is 5. The molecule has 2 aromatic carbocycles. The van der Waals surface area contributed by atoms with Gasteiger partial charge in [0.1, 0.15) is 6.61 Å². The van der Waals surface area contributed by atoms with Gasteiger partial charge in [0.25, 0.3) is 0 Å². The average Bonchev–Trinajstić information content (AvgIpc) is 3.22. The maximum absolute atomic E-state index is 13.0. The van der Waals surface area contributed by atoms with E-state index < -0.39 is 11.6 Å². The van der Waals surface area contributed by atoms with Crippen LogP contribution in [0.15, 0.2) is 60.7 Å². The van der Waals surface area contributed by atoms with Crippen molar-refractivity contribution in [3.63, 3.8) is 0 Å². The fourth-order valence-electron chi connectivity index (χ4n) is 4.39. The molecule has 2 aromatic rings. The van der Waals surface area contributed by atoms with E-state index in [0.717, 1.165) is 19.6 Å². The van der Waals surface area contributed by atoms with Crippen LogP contribution in [0.25, 0.3) is 0 Å². The van der Waals surface area contributed by atoms with Gasteiger partial charge in [-0.05, 0) is 30.5 Å². The van der Waals surface area contributed by atoms with E-state index in [-0.39, 0.29) is 6.61 Å². The minimum Gasteiger partial charge on any atom is -0.462 e. The number of rotatable bonds is 6. The van der Waals surface area contributed by atoms with Crippen molar-refractivity contribution in [1.29, 1.82) is 0 Å². The first kappa shape index (κ1) is 19.1. The van der Waals surface area contributed by atoms with Crippen molar-refractivity contribution in [2.75, 3.05) is 39.3 Å². The van der Waals surface area contributed by atoms with Gasteiger partial charge in [0.15, 0.2) is 0 Å². The fraction of sp³-hybridized carbons (Fsp3) is 0.435. The van der Waals surface area contributed by atoms with E-state index in [1.54, 1.807) is 24.3 Å². The molecule has 2 heterocycles. The van der Waals surface area contributed by atoms with Gasteiger partial charge in [-0.3, -0.25) is 9.80 Å². The molecule has 0 aliphatic carbocycles. The third kappa shape index (κ3) is 3.83. The smallest absolute Gasteiger partial charge is 0.347 e. The molecule has 0 aromatic heterocycles. The maximum Gasteiger partial charge on any atom is 0.347 e. The summed E-state index contributed by atoms with van der Waals surface area (Å²) in [5.74, 6) is -0.621. The third-order valence-corrected chi connectivity index (χ3v) is 5.99. The Kier molecular flexibility index (Phi) is 5.76. The summed E-state index contributed by atoms with van der Waals surface area (Å²) in [5.41, 5.74) is -0.760. The van der Waals surface area contributed by atoms with Crippen molar-refractivity contribution >= 4 is 5.97 Å². The molecule has 1 atom stereocenters. The second-order valence-electron chi connectivity index (χ2n) is 7.71. The quantitative estimate of drug-likeness (QED) is 0.779. The van der Waals surface area contributed by atoms with Crippen molar-refractivity contribution in [3.8, 4) is 0 Å². The van der Waals surface area contributed by atoms with Crippen molar-refractivity contribution in [1.82, 2.24) is 9.80 Å². The van der Waals surface area contributed by atoms with Crippen LogP contribution in [0, 0.1) is 0 Å². The lowest BCUT2D eigenvalue weighted by Gasteiger charge is -2.37. The molecule has 0 spiro atoms. The van der Waals surface area contributed by atoms with E-state index in [1.165, 1.54) is 19.4 Å². The Balaban J connectivity index is 1.42. The Hall–Kier alpha value is -2.21. The predicted molar refractivity (Wildman–Crippen MR) is 108 cm³/mol. The minimum absolute atomic E-state index is 0.285. The van der Waals surface area contributed by atoms with E-state index in [1.807, 2.05) is 36.4 Å². The first-order chi connectivity index (χ1) is 13.7. The molecule has 28 heavy (non-hydrogen) atoms. The predicted octanol–water partition coefficient (Wildman–Crippen LogP) is 2.25. The molecule has 2 fully saturated rings. The molecule has 0 amide bonds. The van der Waals surface area contributed by atoms with Crippen LogP contribution < -0.4 is 0 Å². The molecule has 1 N–H and O–H groups in total. The van der Waals surface area contributed by atoms with Crippen LogP contribution in [0.3, 0.4) is 0 Å². The average molecular weight is 380 g/mol. The zero-order valence-corrected chi connectivity index (χ0v) is 16.2. The van der Waals surface area contributed by atoms with E-state index in [9.17, 15) is 9.90 Å². The lowest BCUT2D eigenvalue weighted by molar-refractivity contribution is -0.162. The first-order valence-corrected chi connectivity index (χ1v) is 10.1. The van der Waals surface area contributed by atoms with Gasteiger partial charge < -0.3 is 9.84 Å². The van der Waals surface area contributed by atoms with Gasteiger partial charge in [-0.2, -0.15) is 0 Å². The lowest BCUT2D eigenvalue weighted by Crippen LogP contribution is -2.51. The first-order valence-electron chi connectivity index (χ1n) is 10.1. The number of benzene rings is 2. The van der Waals surface area contributed by atoms with Gasteiger partial charge in [0, 0.05) is 32.2 Å². The van der Waals surface area contributed by atoms with Crippen LogP contribution >= 0.6 is 0 Å². The zero-order chi connectivity index (χ0) is 19.4. The van der Waals surface area contributed by atoms with Gasteiger partial charge in [-0.1, -0.05) is 60.7 Å². The Labute approximate surface area is 166 Å². The Morgan fingerprint density at radius 3 is 2.29 bits per heavy atom.